The Morgan fingerprint density at radius 1 is 1.35 bits per heavy atom. The van der Waals surface area contributed by atoms with Gasteiger partial charge in [-0.3, -0.25) is 10.1 Å². The van der Waals surface area contributed by atoms with Crippen molar-refractivity contribution >= 4 is 5.91 Å². The molecular weight excluding hydrogens is 240 g/mol. The zero-order valence-corrected chi connectivity index (χ0v) is 8.59. The Kier molecular flexibility index (Phi) is 4.06. The average Bonchev–Trinajstić information content (AvgIpc) is 2.18. The molecule has 0 aliphatic heterocycles. The number of rotatable bonds is 4. The van der Waals surface area contributed by atoms with E-state index in [1.807, 2.05) is 5.32 Å². The van der Waals surface area contributed by atoms with Gasteiger partial charge < -0.3 is 5.73 Å². The van der Waals surface area contributed by atoms with Gasteiger partial charge in [-0.05, 0) is 6.07 Å². The lowest BCUT2D eigenvalue weighted by Crippen LogP contribution is -2.39. The molecule has 0 radical (unpaired) electrons. The molecule has 0 bridgehead atoms. The van der Waals surface area contributed by atoms with Crippen LogP contribution in [-0.4, -0.2) is 18.6 Å². The first-order valence-electron chi connectivity index (χ1n) is 4.65. The van der Waals surface area contributed by atoms with Crippen LogP contribution in [0, 0.1) is 5.82 Å². The van der Waals surface area contributed by atoms with Crippen LogP contribution in [0.3, 0.4) is 0 Å². The van der Waals surface area contributed by atoms with Crippen LogP contribution in [0.15, 0.2) is 24.3 Å². The minimum atomic E-state index is -4.50. The second-order valence-electron chi connectivity index (χ2n) is 3.35. The van der Waals surface area contributed by atoms with Crippen molar-refractivity contribution in [3.63, 3.8) is 0 Å². The molecule has 1 aromatic rings. The molecule has 3 N–H and O–H groups in total. The van der Waals surface area contributed by atoms with E-state index in [1.54, 1.807) is 0 Å². The van der Waals surface area contributed by atoms with Crippen molar-refractivity contribution in [1.82, 2.24) is 5.32 Å². The number of alkyl halides is 3. The van der Waals surface area contributed by atoms with Crippen LogP contribution in [0.4, 0.5) is 17.6 Å². The first-order valence-corrected chi connectivity index (χ1v) is 4.65. The molecule has 0 aliphatic rings. The van der Waals surface area contributed by atoms with Crippen LogP contribution in [0.25, 0.3) is 0 Å². The van der Waals surface area contributed by atoms with Gasteiger partial charge in [-0.1, -0.05) is 18.2 Å². The zero-order valence-electron chi connectivity index (χ0n) is 8.59. The fourth-order valence-electron chi connectivity index (χ4n) is 1.29. The maximum absolute atomic E-state index is 13.3. The summed E-state index contributed by atoms with van der Waals surface area (Å²) in [6, 6.07) is 3.51. The van der Waals surface area contributed by atoms with Crippen molar-refractivity contribution in [3.05, 3.63) is 35.6 Å². The third kappa shape index (κ3) is 4.03. The Morgan fingerprint density at radius 3 is 2.41 bits per heavy atom. The van der Waals surface area contributed by atoms with E-state index in [2.05, 4.69) is 0 Å². The Morgan fingerprint density at radius 2 is 1.94 bits per heavy atom. The van der Waals surface area contributed by atoms with Gasteiger partial charge in [0, 0.05) is 5.56 Å². The monoisotopic (exact) mass is 250 g/mol. The van der Waals surface area contributed by atoms with E-state index in [1.165, 1.54) is 18.2 Å². The van der Waals surface area contributed by atoms with E-state index in [-0.39, 0.29) is 5.56 Å². The first kappa shape index (κ1) is 13.4. The summed E-state index contributed by atoms with van der Waals surface area (Å²) in [6.45, 7) is -1.42. The molecule has 17 heavy (non-hydrogen) atoms. The number of hydrogen-bond acceptors (Lipinski definition) is 2. The second-order valence-corrected chi connectivity index (χ2v) is 3.35. The molecule has 0 spiro atoms. The summed E-state index contributed by atoms with van der Waals surface area (Å²) in [7, 11) is 0. The molecule has 0 aliphatic carbocycles. The van der Waals surface area contributed by atoms with Crippen LogP contribution < -0.4 is 11.1 Å². The van der Waals surface area contributed by atoms with Crippen molar-refractivity contribution in [2.45, 2.75) is 12.2 Å². The van der Waals surface area contributed by atoms with Gasteiger partial charge in [0.25, 0.3) is 0 Å². The molecule has 1 aromatic carbocycles. The molecule has 0 saturated heterocycles. The minimum Gasteiger partial charge on any atom is -0.368 e. The van der Waals surface area contributed by atoms with Gasteiger partial charge in [-0.15, -0.1) is 0 Å². The summed E-state index contributed by atoms with van der Waals surface area (Å²) in [6.07, 6.45) is -4.50. The summed E-state index contributed by atoms with van der Waals surface area (Å²) in [5.74, 6) is -1.86. The number of nitrogens with two attached hydrogens (primary N) is 1. The number of primary amides is 1. The minimum absolute atomic E-state index is 0.204. The Labute approximate surface area is 94.6 Å². The largest absolute Gasteiger partial charge is 0.401 e. The van der Waals surface area contributed by atoms with E-state index in [0.717, 1.165) is 6.07 Å². The van der Waals surface area contributed by atoms with Crippen LogP contribution in [0.2, 0.25) is 0 Å². The smallest absolute Gasteiger partial charge is 0.368 e. The zero-order chi connectivity index (χ0) is 13.1. The molecular formula is C10H10F4N2O. The Balaban J connectivity index is 2.88. The van der Waals surface area contributed by atoms with Crippen LogP contribution in [0.5, 0.6) is 0 Å². The lowest BCUT2D eigenvalue weighted by atomic mass is 10.1. The van der Waals surface area contributed by atoms with Gasteiger partial charge in [0.15, 0.2) is 0 Å². The fourth-order valence-corrected chi connectivity index (χ4v) is 1.29. The summed E-state index contributed by atoms with van der Waals surface area (Å²) in [4.78, 5) is 11.0. The molecule has 0 aromatic heterocycles. The summed E-state index contributed by atoms with van der Waals surface area (Å²) in [5.41, 5.74) is 4.73. The van der Waals surface area contributed by atoms with E-state index in [4.69, 9.17) is 5.73 Å². The van der Waals surface area contributed by atoms with Crippen LogP contribution >= 0.6 is 0 Å². The number of halogens is 4. The molecule has 0 heterocycles. The summed E-state index contributed by atoms with van der Waals surface area (Å²) < 4.78 is 49.3. The van der Waals surface area contributed by atoms with E-state index in [0.29, 0.717) is 0 Å². The molecule has 94 valence electrons. The normalized spacial score (nSPS) is 13.4. The standard InChI is InChI=1S/C10H10F4N2O/c11-7-4-2-1-3-6(7)8(9(15)17)16-5-10(12,13)14/h1-4,8,16H,5H2,(H2,15,17). The van der Waals surface area contributed by atoms with E-state index in [9.17, 15) is 22.4 Å². The highest BCUT2D eigenvalue weighted by Gasteiger charge is 2.30. The Bertz CT molecular complexity index is 406. The number of amides is 1. The second kappa shape index (κ2) is 5.13. The average molecular weight is 250 g/mol. The summed E-state index contributed by atoms with van der Waals surface area (Å²) in [5, 5.41) is 1.88. The van der Waals surface area contributed by atoms with Gasteiger partial charge in [0.05, 0.1) is 6.54 Å². The van der Waals surface area contributed by atoms with E-state index >= 15 is 0 Å². The van der Waals surface area contributed by atoms with Gasteiger partial charge in [0.2, 0.25) is 5.91 Å². The molecule has 1 atom stereocenters. The van der Waals surface area contributed by atoms with Crippen LogP contribution in [-0.2, 0) is 4.79 Å². The lowest BCUT2D eigenvalue weighted by molar-refractivity contribution is -0.131. The number of nitrogens with one attached hydrogen (secondary N) is 1. The van der Waals surface area contributed by atoms with Gasteiger partial charge in [-0.25, -0.2) is 4.39 Å². The maximum Gasteiger partial charge on any atom is 0.401 e. The number of carbonyl (C=O) groups excluding carboxylic acids is 1. The third-order valence-corrected chi connectivity index (χ3v) is 2.01. The fraction of sp³-hybridized carbons (Fsp3) is 0.300. The first-order chi connectivity index (χ1) is 7.81. The SMILES string of the molecule is NC(=O)C(NCC(F)(F)F)c1ccccc1F. The molecule has 0 fully saturated rings. The number of hydrogen-bond donors (Lipinski definition) is 2. The van der Waals surface area contributed by atoms with Crippen molar-refractivity contribution < 1.29 is 22.4 Å². The molecule has 1 unspecified atom stereocenters. The molecule has 7 heteroatoms. The number of carbonyl (C=O) groups is 1. The predicted octanol–water partition coefficient (Wildman–Crippen LogP) is 1.50. The third-order valence-electron chi connectivity index (χ3n) is 2.01. The molecule has 1 amide bonds. The van der Waals surface area contributed by atoms with E-state index < -0.39 is 30.5 Å². The predicted molar refractivity (Wildman–Crippen MR) is 52.4 cm³/mol. The Hall–Kier alpha value is -1.63. The highest BCUT2D eigenvalue weighted by molar-refractivity contribution is 5.81. The maximum atomic E-state index is 13.3. The molecule has 1 rings (SSSR count). The van der Waals surface area contributed by atoms with Crippen LogP contribution in [0.1, 0.15) is 11.6 Å². The molecule has 0 saturated carbocycles. The topological polar surface area (TPSA) is 55.1 Å². The van der Waals surface area contributed by atoms with Crippen molar-refractivity contribution in [2.24, 2.45) is 5.73 Å². The van der Waals surface area contributed by atoms with Gasteiger partial charge >= 0.3 is 6.18 Å². The summed E-state index contributed by atoms with van der Waals surface area (Å²) >= 11 is 0. The van der Waals surface area contributed by atoms with Gasteiger partial charge in [-0.2, -0.15) is 13.2 Å². The highest BCUT2D eigenvalue weighted by atomic mass is 19.4. The number of benzene rings is 1. The van der Waals surface area contributed by atoms with Crippen molar-refractivity contribution in [2.75, 3.05) is 6.54 Å². The van der Waals surface area contributed by atoms with Gasteiger partial charge in [0.1, 0.15) is 11.9 Å². The molecule has 3 nitrogen and oxygen atoms in total. The quantitative estimate of drug-likeness (QED) is 0.796. The van der Waals surface area contributed by atoms with Crippen molar-refractivity contribution in [3.8, 4) is 0 Å². The lowest BCUT2D eigenvalue weighted by Gasteiger charge is -2.17. The van der Waals surface area contributed by atoms with Crippen molar-refractivity contribution in [1.29, 1.82) is 0 Å². The highest BCUT2D eigenvalue weighted by Crippen LogP contribution is 2.19.